The maximum absolute atomic E-state index is 12.0. The van der Waals surface area contributed by atoms with E-state index in [0.717, 1.165) is 9.13 Å². The van der Waals surface area contributed by atoms with Crippen molar-refractivity contribution in [3.05, 3.63) is 33.1 Å². The van der Waals surface area contributed by atoms with Crippen LogP contribution in [0.3, 0.4) is 0 Å². The average Bonchev–Trinajstić information content (AvgIpc) is 2.45. The summed E-state index contributed by atoms with van der Waals surface area (Å²) in [6, 6.07) is 1.17. The number of aliphatic carboxylic acids is 1. The van der Waals surface area contributed by atoms with Gasteiger partial charge >= 0.3 is 11.7 Å². The molecule has 1 rings (SSSR count). The molecule has 0 saturated carbocycles. The van der Waals surface area contributed by atoms with Gasteiger partial charge in [-0.1, -0.05) is 13.8 Å². The summed E-state index contributed by atoms with van der Waals surface area (Å²) in [4.78, 5) is 46.3. The Morgan fingerprint density at radius 1 is 1.29 bits per heavy atom. The van der Waals surface area contributed by atoms with Crippen LogP contribution in [0.4, 0.5) is 0 Å². The zero-order valence-electron chi connectivity index (χ0n) is 12.3. The summed E-state index contributed by atoms with van der Waals surface area (Å²) >= 11 is 0. The molecule has 0 unspecified atom stereocenters. The lowest BCUT2D eigenvalue weighted by atomic mass is 9.93. The quantitative estimate of drug-likeness (QED) is 0.722. The second kappa shape index (κ2) is 6.38. The molecule has 0 aromatic carbocycles. The number of nitrogens with zero attached hydrogens (tertiary/aromatic N) is 2. The van der Waals surface area contributed by atoms with Crippen LogP contribution < -0.4 is 16.6 Å². The Kier molecular flexibility index (Phi) is 5.07. The Labute approximate surface area is 121 Å². The number of carboxylic acid groups (broad SMARTS) is 1. The molecular formula is C13H19N3O5. The molecule has 0 saturated heterocycles. The lowest BCUT2D eigenvalue weighted by Crippen LogP contribution is -2.55. The zero-order chi connectivity index (χ0) is 16.2. The fraction of sp³-hybridized carbons (Fsp3) is 0.538. The van der Waals surface area contributed by atoms with Gasteiger partial charge in [0.15, 0.2) is 0 Å². The van der Waals surface area contributed by atoms with Crippen molar-refractivity contribution in [3.63, 3.8) is 0 Å². The SMILES string of the molecule is CCC(CC)(NC(=O)Cn1ccc(=O)n(C)c1=O)C(=O)O. The molecule has 1 heterocycles. The van der Waals surface area contributed by atoms with Crippen LogP contribution in [0.2, 0.25) is 0 Å². The third-order valence-corrected chi connectivity index (χ3v) is 3.57. The molecule has 0 spiro atoms. The van der Waals surface area contributed by atoms with Gasteiger partial charge in [-0.25, -0.2) is 9.59 Å². The van der Waals surface area contributed by atoms with Crippen molar-refractivity contribution in [2.45, 2.75) is 38.8 Å². The third kappa shape index (κ3) is 3.39. The van der Waals surface area contributed by atoms with E-state index >= 15 is 0 Å². The van der Waals surface area contributed by atoms with E-state index in [1.54, 1.807) is 13.8 Å². The van der Waals surface area contributed by atoms with Crippen LogP contribution in [0.15, 0.2) is 21.9 Å². The molecule has 1 aromatic heterocycles. The van der Waals surface area contributed by atoms with Gasteiger partial charge in [0.05, 0.1) is 0 Å². The summed E-state index contributed by atoms with van der Waals surface area (Å²) in [6.07, 6.45) is 1.67. The Bertz CT molecular complexity index is 655. The van der Waals surface area contributed by atoms with Gasteiger partial charge in [-0.15, -0.1) is 0 Å². The van der Waals surface area contributed by atoms with Crippen LogP contribution in [0.25, 0.3) is 0 Å². The van der Waals surface area contributed by atoms with Crippen LogP contribution in [-0.4, -0.2) is 31.7 Å². The van der Waals surface area contributed by atoms with E-state index < -0.39 is 28.7 Å². The number of aromatic nitrogens is 2. The van der Waals surface area contributed by atoms with Crippen LogP contribution in [0.5, 0.6) is 0 Å². The first kappa shape index (κ1) is 16.7. The van der Waals surface area contributed by atoms with Gasteiger partial charge in [0.2, 0.25) is 5.91 Å². The van der Waals surface area contributed by atoms with E-state index in [9.17, 15) is 24.3 Å². The first-order valence-corrected chi connectivity index (χ1v) is 6.58. The molecule has 21 heavy (non-hydrogen) atoms. The predicted octanol–water partition coefficient (Wildman–Crippen LogP) is -0.693. The first-order chi connectivity index (χ1) is 9.77. The highest BCUT2D eigenvalue weighted by Crippen LogP contribution is 2.15. The Morgan fingerprint density at radius 2 is 1.86 bits per heavy atom. The predicted molar refractivity (Wildman–Crippen MR) is 75.0 cm³/mol. The summed E-state index contributed by atoms with van der Waals surface area (Å²) in [7, 11) is 1.30. The topological polar surface area (TPSA) is 110 Å². The number of hydrogen-bond acceptors (Lipinski definition) is 4. The highest BCUT2D eigenvalue weighted by molar-refractivity contribution is 5.86. The molecule has 1 aromatic rings. The number of carbonyl (C=O) groups is 2. The summed E-state index contributed by atoms with van der Waals surface area (Å²) in [5.41, 5.74) is -2.45. The van der Waals surface area contributed by atoms with Gasteiger partial charge in [0, 0.05) is 19.3 Å². The minimum atomic E-state index is -1.35. The molecule has 0 radical (unpaired) electrons. The smallest absolute Gasteiger partial charge is 0.331 e. The average molecular weight is 297 g/mol. The second-order valence-electron chi connectivity index (χ2n) is 4.77. The summed E-state index contributed by atoms with van der Waals surface area (Å²) in [5.74, 6) is -1.71. The monoisotopic (exact) mass is 297 g/mol. The van der Waals surface area contributed by atoms with Crippen molar-refractivity contribution in [3.8, 4) is 0 Å². The first-order valence-electron chi connectivity index (χ1n) is 6.58. The Morgan fingerprint density at radius 3 is 2.33 bits per heavy atom. The standard InChI is InChI=1S/C13H19N3O5/c1-4-13(5-2,11(19)20)14-9(17)8-16-7-6-10(18)15(3)12(16)21/h6-7H,4-5,8H2,1-3H3,(H,14,17)(H,19,20). The van der Waals surface area contributed by atoms with Crippen LogP contribution in [0, 0.1) is 0 Å². The Hall–Kier alpha value is -2.38. The molecule has 0 aliphatic rings. The molecule has 0 fully saturated rings. The van der Waals surface area contributed by atoms with Gasteiger partial charge in [-0.3, -0.25) is 18.7 Å². The second-order valence-corrected chi connectivity index (χ2v) is 4.77. The van der Waals surface area contributed by atoms with Crippen molar-refractivity contribution >= 4 is 11.9 Å². The van der Waals surface area contributed by atoms with Crippen molar-refractivity contribution in [2.75, 3.05) is 0 Å². The normalized spacial score (nSPS) is 11.2. The molecule has 2 N–H and O–H groups in total. The maximum Gasteiger partial charge on any atom is 0.331 e. The Balaban J connectivity index is 2.97. The number of carboxylic acids is 1. The van der Waals surface area contributed by atoms with Crippen LogP contribution in [-0.2, 0) is 23.2 Å². The zero-order valence-corrected chi connectivity index (χ0v) is 12.3. The van der Waals surface area contributed by atoms with Crippen molar-refractivity contribution in [1.29, 1.82) is 0 Å². The van der Waals surface area contributed by atoms with Crippen molar-refractivity contribution in [2.24, 2.45) is 7.05 Å². The number of nitrogens with one attached hydrogen (secondary N) is 1. The highest BCUT2D eigenvalue weighted by atomic mass is 16.4. The summed E-state index contributed by atoms with van der Waals surface area (Å²) in [5, 5.41) is 11.7. The molecule has 8 nitrogen and oxygen atoms in total. The van der Waals surface area contributed by atoms with Crippen molar-refractivity contribution < 1.29 is 14.7 Å². The van der Waals surface area contributed by atoms with Gasteiger partial charge in [-0.2, -0.15) is 0 Å². The fourth-order valence-electron chi connectivity index (χ4n) is 1.98. The summed E-state index contributed by atoms with van der Waals surface area (Å²) < 4.78 is 1.92. The molecule has 116 valence electrons. The van der Waals surface area contributed by atoms with Gasteiger partial charge < -0.3 is 10.4 Å². The molecule has 0 aliphatic carbocycles. The van der Waals surface area contributed by atoms with E-state index in [1.165, 1.54) is 19.3 Å². The van der Waals surface area contributed by atoms with Crippen molar-refractivity contribution in [1.82, 2.24) is 14.5 Å². The van der Waals surface area contributed by atoms with E-state index in [-0.39, 0.29) is 19.4 Å². The minimum absolute atomic E-state index is 0.229. The maximum atomic E-state index is 12.0. The van der Waals surface area contributed by atoms with E-state index in [4.69, 9.17) is 0 Å². The summed E-state index contributed by atoms with van der Waals surface area (Å²) in [6.45, 7) is 2.98. The fourth-order valence-corrected chi connectivity index (χ4v) is 1.98. The van der Waals surface area contributed by atoms with Gasteiger partial charge in [0.25, 0.3) is 5.56 Å². The third-order valence-electron chi connectivity index (χ3n) is 3.57. The molecular weight excluding hydrogens is 278 g/mol. The number of carbonyl (C=O) groups excluding carboxylic acids is 1. The molecule has 1 amide bonds. The van der Waals surface area contributed by atoms with Crippen LogP contribution >= 0.6 is 0 Å². The molecule has 0 aliphatic heterocycles. The van der Waals surface area contributed by atoms with Crippen LogP contribution in [0.1, 0.15) is 26.7 Å². The largest absolute Gasteiger partial charge is 0.480 e. The minimum Gasteiger partial charge on any atom is -0.480 e. The van der Waals surface area contributed by atoms with E-state index in [1.807, 2.05) is 0 Å². The molecule has 8 heteroatoms. The number of amides is 1. The lowest BCUT2D eigenvalue weighted by Gasteiger charge is -2.28. The molecule has 0 bridgehead atoms. The highest BCUT2D eigenvalue weighted by Gasteiger charge is 2.36. The van der Waals surface area contributed by atoms with E-state index in [0.29, 0.717) is 0 Å². The van der Waals surface area contributed by atoms with Gasteiger partial charge in [0.1, 0.15) is 12.1 Å². The number of rotatable bonds is 6. The van der Waals surface area contributed by atoms with Gasteiger partial charge in [-0.05, 0) is 12.8 Å². The molecule has 0 atom stereocenters. The van der Waals surface area contributed by atoms with E-state index in [2.05, 4.69) is 5.32 Å². The number of hydrogen-bond donors (Lipinski definition) is 2. The lowest BCUT2D eigenvalue weighted by molar-refractivity contribution is -0.148.